The third-order valence-corrected chi connectivity index (χ3v) is 7.08. The number of sulfone groups is 1. The maximum atomic E-state index is 14.0. The highest BCUT2D eigenvalue weighted by molar-refractivity contribution is 7.99. The standard InChI is InChI=1S/C22H15F2NO3S2/c23-17-10-12-18(13-11-17)30(26,27)21-22(29-14-16-8-4-5-9-19(16)24)28-20(25-21)15-6-2-1-3-7-15/h1-13H,14H2. The molecule has 1 aromatic heterocycles. The topological polar surface area (TPSA) is 60.2 Å². The summed E-state index contributed by atoms with van der Waals surface area (Å²) in [6, 6.07) is 19.6. The van der Waals surface area contributed by atoms with Crippen molar-refractivity contribution in [3.8, 4) is 11.5 Å². The van der Waals surface area contributed by atoms with E-state index in [9.17, 15) is 17.2 Å². The Morgan fingerprint density at radius 2 is 1.53 bits per heavy atom. The first-order valence-electron chi connectivity index (χ1n) is 8.88. The Kier molecular flexibility index (Phi) is 5.69. The molecule has 0 bridgehead atoms. The SMILES string of the molecule is O=S(=O)(c1ccc(F)cc1)c1nc(-c2ccccc2)oc1SCc1ccccc1F. The molecule has 0 spiro atoms. The molecule has 0 saturated carbocycles. The summed E-state index contributed by atoms with van der Waals surface area (Å²) in [6.07, 6.45) is 0. The lowest BCUT2D eigenvalue weighted by Crippen LogP contribution is -2.04. The number of rotatable bonds is 6. The zero-order valence-electron chi connectivity index (χ0n) is 15.5. The van der Waals surface area contributed by atoms with E-state index in [0.717, 1.165) is 23.9 Å². The molecule has 152 valence electrons. The van der Waals surface area contributed by atoms with Gasteiger partial charge in [0.1, 0.15) is 11.6 Å². The molecule has 30 heavy (non-hydrogen) atoms. The molecule has 0 N–H and O–H groups in total. The largest absolute Gasteiger partial charge is 0.428 e. The Hall–Kier alpha value is -2.97. The number of hydrogen-bond acceptors (Lipinski definition) is 5. The van der Waals surface area contributed by atoms with Gasteiger partial charge in [0.05, 0.1) is 4.90 Å². The summed E-state index contributed by atoms with van der Waals surface area (Å²) in [4.78, 5) is 4.12. The van der Waals surface area contributed by atoms with Crippen molar-refractivity contribution >= 4 is 21.6 Å². The molecule has 4 rings (SSSR count). The van der Waals surface area contributed by atoms with Gasteiger partial charge in [0, 0.05) is 11.3 Å². The molecule has 0 amide bonds. The van der Waals surface area contributed by atoms with Crippen LogP contribution in [0.5, 0.6) is 0 Å². The highest BCUT2D eigenvalue weighted by atomic mass is 32.2. The fourth-order valence-electron chi connectivity index (χ4n) is 2.74. The smallest absolute Gasteiger partial charge is 0.228 e. The van der Waals surface area contributed by atoms with E-state index in [-0.39, 0.29) is 26.7 Å². The van der Waals surface area contributed by atoms with Crippen LogP contribution in [0.25, 0.3) is 11.5 Å². The first-order valence-corrected chi connectivity index (χ1v) is 11.3. The van der Waals surface area contributed by atoms with Crippen LogP contribution < -0.4 is 0 Å². The van der Waals surface area contributed by atoms with E-state index in [1.54, 1.807) is 42.5 Å². The average Bonchev–Trinajstić information content (AvgIpc) is 3.19. The number of nitrogens with zero attached hydrogens (tertiary/aromatic N) is 1. The zero-order valence-corrected chi connectivity index (χ0v) is 17.1. The molecule has 0 radical (unpaired) electrons. The number of thioether (sulfide) groups is 1. The van der Waals surface area contributed by atoms with Gasteiger partial charge >= 0.3 is 0 Å². The lowest BCUT2D eigenvalue weighted by Gasteiger charge is -2.04. The van der Waals surface area contributed by atoms with Crippen LogP contribution in [0.2, 0.25) is 0 Å². The van der Waals surface area contributed by atoms with Gasteiger partial charge in [-0.15, -0.1) is 0 Å². The second kappa shape index (κ2) is 8.41. The van der Waals surface area contributed by atoms with Crippen molar-refractivity contribution in [2.75, 3.05) is 0 Å². The third-order valence-electron chi connectivity index (χ3n) is 4.28. The van der Waals surface area contributed by atoms with E-state index in [0.29, 0.717) is 11.1 Å². The minimum absolute atomic E-state index is 0.0430. The van der Waals surface area contributed by atoms with Gasteiger partial charge in [0.25, 0.3) is 0 Å². The highest BCUT2D eigenvalue weighted by Crippen LogP contribution is 2.36. The van der Waals surface area contributed by atoms with Crippen molar-refractivity contribution in [2.24, 2.45) is 0 Å². The first-order chi connectivity index (χ1) is 14.4. The van der Waals surface area contributed by atoms with Crippen LogP contribution in [0.3, 0.4) is 0 Å². The molecule has 0 aliphatic heterocycles. The van der Waals surface area contributed by atoms with Crippen molar-refractivity contribution in [1.29, 1.82) is 0 Å². The van der Waals surface area contributed by atoms with Gasteiger partial charge in [-0.3, -0.25) is 0 Å². The van der Waals surface area contributed by atoms with Crippen LogP contribution in [0.15, 0.2) is 98.3 Å². The lowest BCUT2D eigenvalue weighted by molar-refractivity contribution is 0.470. The van der Waals surface area contributed by atoms with E-state index in [4.69, 9.17) is 4.42 Å². The molecule has 3 aromatic carbocycles. The van der Waals surface area contributed by atoms with Crippen molar-refractivity contribution in [3.05, 3.63) is 96.1 Å². The van der Waals surface area contributed by atoms with Crippen LogP contribution in [0.1, 0.15) is 5.56 Å². The zero-order chi connectivity index (χ0) is 21.1. The molecule has 0 aliphatic carbocycles. The van der Waals surface area contributed by atoms with E-state index >= 15 is 0 Å². The number of aromatic nitrogens is 1. The molecule has 4 aromatic rings. The van der Waals surface area contributed by atoms with Gasteiger partial charge in [0.15, 0.2) is 0 Å². The fourth-order valence-corrected chi connectivity index (χ4v) is 5.26. The van der Waals surface area contributed by atoms with Gasteiger partial charge in [0.2, 0.25) is 25.8 Å². The molecule has 1 heterocycles. The van der Waals surface area contributed by atoms with Crippen LogP contribution in [0.4, 0.5) is 8.78 Å². The third kappa shape index (κ3) is 4.15. The Bertz CT molecular complexity index is 1270. The summed E-state index contributed by atoms with van der Waals surface area (Å²) >= 11 is 1.03. The summed E-state index contributed by atoms with van der Waals surface area (Å²) in [7, 11) is -4.07. The van der Waals surface area contributed by atoms with Gasteiger partial charge in [-0.2, -0.15) is 4.98 Å². The van der Waals surface area contributed by atoms with Crippen molar-refractivity contribution in [1.82, 2.24) is 4.98 Å². The normalized spacial score (nSPS) is 11.5. The Morgan fingerprint density at radius 3 is 2.23 bits per heavy atom. The molecule has 8 heteroatoms. The molecule has 0 atom stereocenters. The second-order valence-electron chi connectivity index (χ2n) is 6.32. The first kappa shape index (κ1) is 20.3. The molecular formula is C22H15F2NO3S2. The molecule has 0 saturated heterocycles. The van der Waals surface area contributed by atoms with Crippen molar-refractivity contribution < 1.29 is 21.6 Å². The summed E-state index contributed by atoms with van der Waals surface area (Å²) in [5, 5.41) is -0.240. The summed E-state index contributed by atoms with van der Waals surface area (Å²) in [6.45, 7) is 0. The monoisotopic (exact) mass is 443 g/mol. The average molecular weight is 443 g/mol. The minimum atomic E-state index is -4.07. The van der Waals surface area contributed by atoms with E-state index in [2.05, 4.69) is 4.98 Å². The molecule has 4 nitrogen and oxygen atoms in total. The predicted octanol–water partition coefficient (Wildman–Crippen LogP) is 5.74. The van der Waals surface area contributed by atoms with Crippen LogP contribution in [-0.2, 0) is 15.6 Å². The maximum Gasteiger partial charge on any atom is 0.228 e. The Balaban J connectivity index is 1.76. The molecule has 0 aliphatic rings. The Morgan fingerprint density at radius 1 is 0.867 bits per heavy atom. The van der Waals surface area contributed by atoms with Crippen molar-refractivity contribution in [2.45, 2.75) is 20.8 Å². The van der Waals surface area contributed by atoms with Crippen LogP contribution in [-0.4, -0.2) is 13.4 Å². The second-order valence-corrected chi connectivity index (χ2v) is 9.13. The van der Waals surface area contributed by atoms with Crippen LogP contribution >= 0.6 is 11.8 Å². The van der Waals surface area contributed by atoms with E-state index < -0.39 is 21.5 Å². The van der Waals surface area contributed by atoms with Gasteiger partial charge in [-0.1, -0.05) is 48.2 Å². The number of hydrogen-bond donors (Lipinski definition) is 0. The molecule has 0 fully saturated rings. The number of benzene rings is 3. The predicted molar refractivity (Wildman–Crippen MR) is 110 cm³/mol. The van der Waals surface area contributed by atoms with E-state index in [1.807, 2.05) is 6.07 Å². The number of halogens is 2. The summed E-state index contributed by atoms with van der Waals surface area (Å²) in [5.74, 6) is -0.654. The lowest BCUT2D eigenvalue weighted by atomic mass is 10.2. The number of oxazole rings is 1. The van der Waals surface area contributed by atoms with Gasteiger partial charge < -0.3 is 4.42 Å². The summed E-state index contributed by atoms with van der Waals surface area (Å²) in [5.41, 5.74) is 1.01. The van der Waals surface area contributed by atoms with Crippen LogP contribution in [0, 0.1) is 11.6 Å². The Labute approximate surface area is 176 Å². The van der Waals surface area contributed by atoms with Gasteiger partial charge in [-0.05, 0) is 48.0 Å². The fraction of sp³-hybridized carbons (Fsp3) is 0.0455. The summed E-state index contributed by atoms with van der Waals surface area (Å²) < 4.78 is 59.3. The maximum absolute atomic E-state index is 14.0. The molecular weight excluding hydrogens is 428 g/mol. The van der Waals surface area contributed by atoms with Gasteiger partial charge in [-0.25, -0.2) is 17.2 Å². The minimum Gasteiger partial charge on any atom is -0.428 e. The van der Waals surface area contributed by atoms with E-state index in [1.165, 1.54) is 18.2 Å². The molecule has 0 unspecified atom stereocenters. The van der Waals surface area contributed by atoms with Crippen molar-refractivity contribution in [3.63, 3.8) is 0 Å². The quantitative estimate of drug-likeness (QED) is 0.281. The highest BCUT2D eigenvalue weighted by Gasteiger charge is 2.29.